The van der Waals surface area contributed by atoms with E-state index in [4.69, 9.17) is 4.74 Å². The Morgan fingerprint density at radius 3 is 2.40 bits per heavy atom. The fraction of sp³-hybridized carbons (Fsp3) is 1.00. The summed E-state index contributed by atoms with van der Waals surface area (Å²) in [7, 11) is 0. The zero-order chi connectivity index (χ0) is 14.8. The minimum Gasteiger partial charge on any atom is -0.375 e. The third-order valence-corrected chi connectivity index (χ3v) is 5.92. The predicted molar refractivity (Wildman–Crippen MR) is 86.0 cm³/mol. The minimum absolute atomic E-state index is 0.146. The zero-order valence-corrected chi connectivity index (χ0v) is 14.3. The molecule has 3 unspecified atom stereocenters. The zero-order valence-electron chi connectivity index (χ0n) is 14.3. The van der Waals surface area contributed by atoms with Gasteiger partial charge in [-0.05, 0) is 56.3 Å². The molecule has 0 spiro atoms. The smallest absolute Gasteiger partial charge is 0.0692 e. The molecule has 0 aromatic carbocycles. The van der Waals surface area contributed by atoms with Crippen LogP contribution in [0.15, 0.2) is 0 Å². The summed E-state index contributed by atoms with van der Waals surface area (Å²) in [6.07, 6.45) is 8.76. The molecule has 0 bridgehead atoms. The van der Waals surface area contributed by atoms with Crippen LogP contribution in [0.25, 0.3) is 0 Å². The van der Waals surface area contributed by atoms with Crippen LogP contribution < -0.4 is 5.32 Å². The van der Waals surface area contributed by atoms with Crippen LogP contribution in [0.3, 0.4) is 0 Å². The lowest BCUT2D eigenvalue weighted by atomic mass is 9.70. The molecular formula is C18H35NO. The van der Waals surface area contributed by atoms with Gasteiger partial charge in [-0.25, -0.2) is 0 Å². The molecule has 20 heavy (non-hydrogen) atoms. The molecule has 0 aromatic heterocycles. The first-order valence-corrected chi connectivity index (χ1v) is 8.80. The summed E-state index contributed by atoms with van der Waals surface area (Å²) in [5.74, 6) is 0.805. The molecule has 0 amide bonds. The van der Waals surface area contributed by atoms with Gasteiger partial charge in [0.2, 0.25) is 0 Å². The van der Waals surface area contributed by atoms with Gasteiger partial charge in [0.25, 0.3) is 0 Å². The predicted octanol–water partition coefficient (Wildman–Crippen LogP) is 4.53. The molecule has 2 aliphatic rings. The summed E-state index contributed by atoms with van der Waals surface area (Å²) >= 11 is 0. The summed E-state index contributed by atoms with van der Waals surface area (Å²) < 4.78 is 6.10. The fourth-order valence-electron chi connectivity index (χ4n) is 4.41. The summed E-state index contributed by atoms with van der Waals surface area (Å²) in [6, 6.07) is 1.38. The van der Waals surface area contributed by atoms with Crippen molar-refractivity contribution in [2.45, 2.75) is 97.2 Å². The third-order valence-electron chi connectivity index (χ3n) is 5.92. The topological polar surface area (TPSA) is 21.3 Å². The van der Waals surface area contributed by atoms with Crippen LogP contribution in [-0.4, -0.2) is 24.3 Å². The molecule has 2 fully saturated rings. The molecule has 0 radical (unpaired) electrons. The van der Waals surface area contributed by atoms with Gasteiger partial charge in [0.15, 0.2) is 0 Å². The molecule has 0 aromatic rings. The van der Waals surface area contributed by atoms with Gasteiger partial charge in [-0.3, -0.25) is 0 Å². The highest BCUT2D eigenvalue weighted by Crippen LogP contribution is 2.39. The van der Waals surface area contributed by atoms with E-state index >= 15 is 0 Å². The van der Waals surface area contributed by atoms with Gasteiger partial charge < -0.3 is 10.1 Å². The van der Waals surface area contributed by atoms with Crippen molar-refractivity contribution >= 4 is 0 Å². The Hall–Kier alpha value is -0.0800. The molecule has 2 heteroatoms. The Kier molecular flexibility index (Phi) is 5.18. The summed E-state index contributed by atoms with van der Waals surface area (Å²) in [4.78, 5) is 0. The summed E-state index contributed by atoms with van der Waals surface area (Å²) in [5.41, 5.74) is 0.691. The maximum absolute atomic E-state index is 6.10. The van der Waals surface area contributed by atoms with Crippen LogP contribution >= 0.6 is 0 Å². The molecule has 1 aliphatic carbocycles. The second kappa shape index (κ2) is 6.36. The summed E-state index contributed by atoms with van der Waals surface area (Å²) in [5, 5.41) is 3.99. The molecule has 1 saturated carbocycles. The van der Waals surface area contributed by atoms with Crippen molar-refractivity contribution in [1.29, 1.82) is 0 Å². The SMILES string of the molecule is CCC1(CC)CC(NC2CCC(C)(C)CC2C)CCO1. The molecule has 118 valence electrons. The first kappa shape index (κ1) is 16.3. The van der Waals surface area contributed by atoms with E-state index in [-0.39, 0.29) is 5.60 Å². The number of nitrogens with one attached hydrogen (secondary N) is 1. The van der Waals surface area contributed by atoms with Crippen molar-refractivity contribution in [1.82, 2.24) is 5.32 Å². The van der Waals surface area contributed by atoms with Crippen molar-refractivity contribution in [2.24, 2.45) is 11.3 Å². The molecule has 1 saturated heterocycles. The normalized spacial score (nSPS) is 36.8. The molecule has 1 heterocycles. The second-order valence-corrected chi connectivity index (χ2v) is 8.09. The average Bonchev–Trinajstić information content (AvgIpc) is 2.42. The molecule has 2 rings (SSSR count). The van der Waals surface area contributed by atoms with E-state index in [2.05, 4.69) is 39.9 Å². The molecule has 3 atom stereocenters. The lowest BCUT2D eigenvalue weighted by Gasteiger charge is -2.45. The van der Waals surface area contributed by atoms with Gasteiger partial charge in [0, 0.05) is 18.7 Å². The quantitative estimate of drug-likeness (QED) is 0.817. The third kappa shape index (κ3) is 3.76. The van der Waals surface area contributed by atoms with E-state index in [9.17, 15) is 0 Å². The lowest BCUT2D eigenvalue weighted by molar-refractivity contribution is -0.0955. The molecule has 1 aliphatic heterocycles. The number of hydrogen-bond acceptors (Lipinski definition) is 2. The Morgan fingerprint density at radius 2 is 1.80 bits per heavy atom. The van der Waals surface area contributed by atoms with Crippen molar-refractivity contribution in [2.75, 3.05) is 6.61 Å². The number of rotatable bonds is 4. The molecule has 1 N–H and O–H groups in total. The monoisotopic (exact) mass is 281 g/mol. The Bertz CT molecular complexity index is 309. The van der Waals surface area contributed by atoms with Crippen LogP contribution in [0.4, 0.5) is 0 Å². The van der Waals surface area contributed by atoms with Crippen molar-refractivity contribution in [3.05, 3.63) is 0 Å². The van der Waals surface area contributed by atoms with Crippen LogP contribution in [0.2, 0.25) is 0 Å². The van der Waals surface area contributed by atoms with Gasteiger partial charge in [0.1, 0.15) is 0 Å². The first-order valence-electron chi connectivity index (χ1n) is 8.80. The van der Waals surface area contributed by atoms with Gasteiger partial charge in [-0.15, -0.1) is 0 Å². The standard InChI is InChI=1S/C18H35NO/c1-6-18(7-2)13-15(9-11-20-18)19-16-8-10-17(4,5)12-14(16)3/h14-16,19H,6-13H2,1-5H3. The van der Waals surface area contributed by atoms with Crippen LogP contribution in [0.5, 0.6) is 0 Å². The van der Waals surface area contributed by atoms with Gasteiger partial charge in [0.05, 0.1) is 5.60 Å². The van der Waals surface area contributed by atoms with E-state index in [0.29, 0.717) is 11.5 Å². The molecule has 2 nitrogen and oxygen atoms in total. The Balaban J connectivity index is 1.90. The Morgan fingerprint density at radius 1 is 1.10 bits per heavy atom. The van der Waals surface area contributed by atoms with Crippen LogP contribution in [0, 0.1) is 11.3 Å². The largest absolute Gasteiger partial charge is 0.375 e. The lowest BCUT2D eigenvalue weighted by Crippen LogP contribution is -2.52. The van der Waals surface area contributed by atoms with E-state index in [0.717, 1.165) is 31.4 Å². The molecular weight excluding hydrogens is 246 g/mol. The van der Waals surface area contributed by atoms with Gasteiger partial charge in [-0.1, -0.05) is 34.6 Å². The second-order valence-electron chi connectivity index (χ2n) is 8.09. The van der Waals surface area contributed by atoms with Crippen molar-refractivity contribution in [3.63, 3.8) is 0 Å². The van der Waals surface area contributed by atoms with Gasteiger partial charge >= 0.3 is 0 Å². The van der Waals surface area contributed by atoms with Crippen molar-refractivity contribution < 1.29 is 4.74 Å². The maximum Gasteiger partial charge on any atom is 0.0692 e. The maximum atomic E-state index is 6.10. The van der Waals surface area contributed by atoms with E-state index in [1.807, 2.05) is 0 Å². The highest BCUT2D eigenvalue weighted by Gasteiger charge is 2.37. The average molecular weight is 281 g/mol. The minimum atomic E-state index is 0.146. The van der Waals surface area contributed by atoms with Gasteiger partial charge in [-0.2, -0.15) is 0 Å². The highest BCUT2D eigenvalue weighted by molar-refractivity contribution is 4.93. The van der Waals surface area contributed by atoms with E-state index < -0.39 is 0 Å². The van der Waals surface area contributed by atoms with Crippen LogP contribution in [0.1, 0.15) is 79.6 Å². The number of ether oxygens (including phenoxy) is 1. The van der Waals surface area contributed by atoms with E-state index in [1.54, 1.807) is 0 Å². The first-order chi connectivity index (χ1) is 9.40. The van der Waals surface area contributed by atoms with Crippen molar-refractivity contribution in [3.8, 4) is 0 Å². The summed E-state index contributed by atoms with van der Waals surface area (Å²) in [6.45, 7) is 12.8. The number of hydrogen-bond donors (Lipinski definition) is 1. The fourth-order valence-corrected chi connectivity index (χ4v) is 4.41. The van der Waals surface area contributed by atoms with E-state index in [1.165, 1.54) is 32.1 Å². The highest BCUT2D eigenvalue weighted by atomic mass is 16.5. The Labute approximate surface area is 126 Å². The van der Waals surface area contributed by atoms with Crippen LogP contribution in [-0.2, 0) is 4.74 Å².